The Hall–Kier alpha value is -0.780. The van der Waals surface area contributed by atoms with Gasteiger partial charge in [0.1, 0.15) is 0 Å². The lowest BCUT2D eigenvalue weighted by Gasteiger charge is -2.34. The van der Waals surface area contributed by atoms with E-state index < -0.39 is 0 Å². The van der Waals surface area contributed by atoms with Crippen LogP contribution in [0.2, 0.25) is 0 Å². The van der Waals surface area contributed by atoms with E-state index in [4.69, 9.17) is 0 Å². The molecule has 1 saturated carbocycles. The van der Waals surface area contributed by atoms with Gasteiger partial charge in [0.05, 0.1) is 0 Å². The molecule has 0 heteroatoms. The van der Waals surface area contributed by atoms with Crippen LogP contribution in [0.25, 0.3) is 0 Å². The molecule has 13 heavy (non-hydrogen) atoms. The number of hydrogen-bond donors (Lipinski definition) is 0. The van der Waals surface area contributed by atoms with Gasteiger partial charge in [0.2, 0.25) is 0 Å². The highest BCUT2D eigenvalue weighted by atomic mass is 14.3. The second-order valence-electron chi connectivity index (χ2n) is 4.45. The molecule has 0 aromatic rings. The Morgan fingerprint density at radius 2 is 2.08 bits per heavy atom. The molecule has 0 spiro atoms. The van der Waals surface area contributed by atoms with Gasteiger partial charge in [0, 0.05) is 0 Å². The Labute approximate surface area is 82.0 Å². The summed E-state index contributed by atoms with van der Waals surface area (Å²) in [5.74, 6) is 0. The van der Waals surface area contributed by atoms with Crippen LogP contribution in [0, 0.1) is 5.41 Å². The van der Waals surface area contributed by atoms with Crippen LogP contribution in [-0.2, 0) is 0 Å². The van der Waals surface area contributed by atoms with Gasteiger partial charge in [-0.05, 0) is 37.2 Å². The third-order valence-electron chi connectivity index (χ3n) is 2.85. The molecule has 72 valence electrons. The highest BCUT2D eigenvalue weighted by Crippen LogP contribution is 2.42. The Balaban J connectivity index is 2.93. The van der Waals surface area contributed by atoms with Crippen molar-refractivity contribution in [2.75, 3.05) is 0 Å². The van der Waals surface area contributed by atoms with Crippen LogP contribution >= 0.6 is 0 Å². The Kier molecular flexibility index (Phi) is 3.13. The first kappa shape index (κ1) is 10.3. The van der Waals surface area contributed by atoms with E-state index in [1.54, 1.807) is 0 Å². The molecule has 0 atom stereocenters. The van der Waals surface area contributed by atoms with Crippen molar-refractivity contribution in [2.24, 2.45) is 5.41 Å². The minimum absolute atomic E-state index is 0.328. The molecule has 1 aliphatic rings. The van der Waals surface area contributed by atoms with Gasteiger partial charge in [-0.2, -0.15) is 0 Å². The third kappa shape index (κ3) is 2.33. The molecule has 0 aromatic carbocycles. The summed E-state index contributed by atoms with van der Waals surface area (Å²) in [5, 5.41) is 0. The summed E-state index contributed by atoms with van der Waals surface area (Å²) < 4.78 is 0. The molecule has 1 fully saturated rings. The van der Waals surface area contributed by atoms with E-state index in [0.29, 0.717) is 5.41 Å². The number of allylic oxidation sites excluding steroid dienone is 5. The average molecular weight is 176 g/mol. The van der Waals surface area contributed by atoms with Gasteiger partial charge in [0.25, 0.3) is 0 Å². The van der Waals surface area contributed by atoms with Crippen molar-refractivity contribution in [3.8, 4) is 0 Å². The maximum atomic E-state index is 4.14. The van der Waals surface area contributed by atoms with Crippen LogP contribution in [-0.4, -0.2) is 0 Å². The van der Waals surface area contributed by atoms with Crippen LogP contribution in [0.5, 0.6) is 0 Å². The van der Waals surface area contributed by atoms with Crippen LogP contribution in [0.1, 0.15) is 40.0 Å². The molecule has 0 nitrogen and oxygen atoms in total. The van der Waals surface area contributed by atoms with Crippen molar-refractivity contribution in [1.82, 2.24) is 0 Å². The first-order valence-corrected chi connectivity index (χ1v) is 5.09. The summed E-state index contributed by atoms with van der Waals surface area (Å²) >= 11 is 0. The van der Waals surface area contributed by atoms with E-state index in [-0.39, 0.29) is 0 Å². The van der Waals surface area contributed by atoms with Gasteiger partial charge >= 0.3 is 0 Å². The predicted molar refractivity (Wildman–Crippen MR) is 59.7 cm³/mol. The highest BCUT2D eigenvalue weighted by Gasteiger charge is 2.27. The zero-order chi connectivity index (χ0) is 9.90. The topological polar surface area (TPSA) is 0 Å². The lowest BCUT2D eigenvalue weighted by molar-refractivity contribution is 0.371. The normalized spacial score (nSPS) is 25.8. The Morgan fingerprint density at radius 3 is 2.62 bits per heavy atom. The molecule has 0 radical (unpaired) electrons. The van der Waals surface area contributed by atoms with Crippen molar-refractivity contribution < 1.29 is 0 Å². The lowest BCUT2D eigenvalue weighted by atomic mass is 9.71. The van der Waals surface area contributed by atoms with E-state index in [9.17, 15) is 0 Å². The monoisotopic (exact) mass is 176 g/mol. The second-order valence-corrected chi connectivity index (χ2v) is 4.45. The molecule has 0 amide bonds. The Bertz CT molecular complexity index is 251. The fourth-order valence-corrected chi connectivity index (χ4v) is 2.03. The molecule has 0 unspecified atom stereocenters. The summed E-state index contributed by atoms with van der Waals surface area (Å²) in [6.07, 6.45) is 10.2. The fraction of sp³-hybridized carbons (Fsp3) is 0.538. The van der Waals surface area contributed by atoms with Crippen LogP contribution in [0.4, 0.5) is 0 Å². The zero-order valence-corrected chi connectivity index (χ0v) is 9.06. The largest absolute Gasteiger partial charge is 0.0955 e. The standard InChI is InChI=1S/C13H20/c1-5-6-9-12-11(2)8-7-10-13(12,3)4/h5-6,9H,2,7-8,10H2,1,3-4H3/b6-5+,12-9-. The third-order valence-corrected chi connectivity index (χ3v) is 2.85. The molecule has 0 aliphatic heterocycles. The van der Waals surface area contributed by atoms with Crippen LogP contribution < -0.4 is 0 Å². The average Bonchev–Trinajstić information content (AvgIpc) is 2.02. The summed E-state index contributed by atoms with van der Waals surface area (Å²) in [6, 6.07) is 0. The van der Waals surface area contributed by atoms with E-state index in [0.717, 1.165) is 0 Å². The summed E-state index contributed by atoms with van der Waals surface area (Å²) in [7, 11) is 0. The molecule has 0 N–H and O–H groups in total. The molecule has 0 aromatic heterocycles. The van der Waals surface area contributed by atoms with Gasteiger partial charge in [-0.3, -0.25) is 0 Å². The van der Waals surface area contributed by atoms with Crippen molar-refractivity contribution in [3.05, 3.63) is 36.0 Å². The minimum atomic E-state index is 0.328. The van der Waals surface area contributed by atoms with Crippen molar-refractivity contribution in [3.63, 3.8) is 0 Å². The van der Waals surface area contributed by atoms with Crippen LogP contribution in [0.3, 0.4) is 0 Å². The number of rotatable bonds is 1. The SMILES string of the molecule is C=C1CCCC(C)(C)/C1=C\C=C\C. The first-order valence-electron chi connectivity index (χ1n) is 5.09. The zero-order valence-electron chi connectivity index (χ0n) is 9.06. The molecule has 1 rings (SSSR count). The molecule has 0 heterocycles. The van der Waals surface area contributed by atoms with Crippen molar-refractivity contribution in [2.45, 2.75) is 40.0 Å². The summed E-state index contributed by atoms with van der Waals surface area (Å²) in [6.45, 7) is 10.8. The van der Waals surface area contributed by atoms with E-state index in [1.165, 1.54) is 30.4 Å². The smallest absolute Gasteiger partial charge is 0.0101 e. The molecule has 0 bridgehead atoms. The summed E-state index contributed by atoms with van der Waals surface area (Å²) in [5.41, 5.74) is 3.10. The molecular weight excluding hydrogens is 156 g/mol. The van der Waals surface area contributed by atoms with Gasteiger partial charge in [-0.1, -0.05) is 44.2 Å². The van der Waals surface area contributed by atoms with E-state index >= 15 is 0 Å². The quantitative estimate of drug-likeness (QED) is 0.560. The Morgan fingerprint density at radius 1 is 1.38 bits per heavy atom. The predicted octanol–water partition coefficient (Wildman–Crippen LogP) is 4.26. The second kappa shape index (κ2) is 3.95. The first-order chi connectivity index (χ1) is 6.08. The highest BCUT2D eigenvalue weighted by molar-refractivity contribution is 5.38. The van der Waals surface area contributed by atoms with Crippen LogP contribution in [0.15, 0.2) is 36.0 Å². The molecule has 1 aliphatic carbocycles. The lowest BCUT2D eigenvalue weighted by Crippen LogP contribution is -2.20. The van der Waals surface area contributed by atoms with Crippen molar-refractivity contribution in [1.29, 1.82) is 0 Å². The summed E-state index contributed by atoms with van der Waals surface area (Å²) in [4.78, 5) is 0. The van der Waals surface area contributed by atoms with E-state index in [1.807, 2.05) is 0 Å². The fourth-order valence-electron chi connectivity index (χ4n) is 2.03. The molecule has 0 saturated heterocycles. The number of hydrogen-bond acceptors (Lipinski definition) is 0. The van der Waals surface area contributed by atoms with Gasteiger partial charge in [-0.25, -0.2) is 0 Å². The maximum absolute atomic E-state index is 4.14. The van der Waals surface area contributed by atoms with Crippen molar-refractivity contribution >= 4 is 0 Å². The van der Waals surface area contributed by atoms with Gasteiger partial charge in [0.15, 0.2) is 0 Å². The van der Waals surface area contributed by atoms with E-state index in [2.05, 4.69) is 45.6 Å². The van der Waals surface area contributed by atoms with Gasteiger partial charge < -0.3 is 0 Å². The maximum Gasteiger partial charge on any atom is -0.0101 e. The molecular formula is C13H20. The minimum Gasteiger partial charge on any atom is -0.0955 e. The van der Waals surface area contributed by atoms with Gasteiger partial charge in [-0.15, -0.1) is 0 Å².